The van der Waals surface area contributed by atoms with Gasteiger partial charge in [0.2, 0.25) is 0 Å². The Morgan fingerprint density at radius 1 is 1.28 bits per heavy atom. The van der Waals surface area contributed by atoms with E-state index in [2.05, 4.69) is 31.1 Å². The fourth-order valence-electron chi connectivity index (χ4n) is 3.30. The van der Waals surface area contributed by atoms with E-state index in [1.807, 2.05) is 54.6 Å². The highest BCUT2D eigenvalue weighted by molar-refractivity contribution is 6.30. The number of imidazole rings is 1. The zero-order valence-corrected chi connectivity index (χ0v) is 14.9. The van der Waals surface area contributed by atoms with Crippen LogP contribution in [0.3, 0.4) is 0 Å². The molecule has 0 saturated carbocycles. The molecule has 3 heterocycles. The Balaban J connectivity index is 1.52. The Morgan fingerprint density at radius 2 is 2.12 bits per heavy atom. The molecule has 2 aromatic heterocycles. The van der Waals surface area contributed by atoms with Crippen molar-refractivity contribution in [3.63, 3.8) is 0 Å². The van der Waals surface area contributed by atoms with E-state index in [9.17, 15) is 0 Å². The van der Waals surface area contributed by atoms with Crippen LogP contribution in [0.4, 0.5) is 0 Å². The lowest BCUT2D eigenvalue weighted by atomic mass is 10.1. The molecule has 7 heteroatoms. The van der Waals surface area contributed by atoms with Crippen LogP contribution in [0, 0.1) is 0 Å². The Bertz CT molecular complexity index is 837. The molecule has 1 N–H and O–H groups in total. The van der Waals surface area contributed by atoms with E-state index in [0.29, 0.717) is 0 Å². The zero-order valence-electron chi connectivity index (χ0n) is 14.1. The molecule has 3 aromatic rings. The highest BCUT2D eigenvalue weighted by Crippen LogP contribution is 2.23. The van der Waals surface area contributed by atoms with Crippen LogP contribution >= 0.6 is 11.6 Å². The van der Waals surface area contributed by atoms with Crippen LogP contribution in [-0.2, 0) is 13.6 Å². The molecule has 0 radical (unpaired) electrons. The summed E-state index contributed by atoms with van der Waals surface area (Å²) in [5.74, 6) is 1.09. The van der Waals surface area contributed by atoms with Gasteiger partial charge in [0.05, 0.1) is 17.9 Å². The quantitative estimate of drug-likeness (QED) is 0.780. The maximum absolute atomic E-state index is 5.96. The number of piperazine rings is 1. The van der Waals surface area contributed by atoms with Crippen LogP contribution in [0.25, 0.3) is 5.69 Å². The van der Waals surface area contributed by atoms with Crippen molar-refractivity contribution >= 4 is 11.6 Å². The van der Waals surface area contributed by atoms with Crippen LogP contribution in [0.5, 0.6) is 0 Å². The number of hydrogen-bond acceptors (Lipinski definition) is 4. The maximum Gasteiger partial charge on any atom is 0.127 e. The first-order chi connectivity index (χ1) is 12.2. The van der Waals surface area contributed by atoms with Gasteiger partial charge < -0.3 is 9.88 Å². The van der Waals surface area contributed by atoms with Crippen LogP contribution < -0.4 is 5.32 Å². The van der Waals surface area contributed by atoms with Crippen molar-refractivity contribution in [1.82, 2.24) is 29.5 Å². The molecule has 4 rings (SSSR count). The van der Waals surface area contributed by atoms with Gasteiger partial charge in [-0.1, -0.05) is 11.6 Å². The predicted molar refractivity (Wildman–Crippen MR) is 97.8 cm³/mol. The zero-order chi connectivity index (χ0) is 17.2. The van der Waals surface area contributed by atoms with Crippen molar-refractivity contribution in [3.8, 4) is 5.69 Å². The Kier molecular flexibility index (Phi) is 4.57. The van der Waals surface area contributed by atoms with Gasteiger partial charge in [0, 0.05) is 62.4 Å². The van der Waals surface area contributed by atoms with Crippen molar-refractivity contribution in [2.75, 3.05) is 19.6 Å². The molecule has 1 atom stereocenters. The van der Waals surface area contributed by atoms with Crippen molar-refractivity contribution in [3.05, 3.63) is 65.5 Å². The van der Waals surface area contributed by atoms with Gasteiger partial charge in [-0.25, -0.2) is 9.67 Å². The summed E-state index contributed by atoms with van der Waals surface area (Å²) >= 11 is 5.96. The molecular weight excluding hydrogens is 336 g/mol. The van der Waals surface area contributed by atoms with Crippen molar-refractivity contribution < 1.29 is 0 Å². The molecule has 1 fully saturated rings. The van der Waals surface area contributed by atoms with E-state index >= 15 is 0 Å². The van der Waals surface area contributed by atoms with E-state index in [4.69, 9.17) is 11.6 Å². The highest BCUT2D eigenvalue weighted by atomic mass is 35.5. The molecule has 1 saturated heterocycles. The van der Waals surface area contributed by atoms with E-state index in [1.54, 1.807) is 0 Å². The molecule has 25 heavy (non-hydrogen) atoms. The molecule has 0 aliphatic carbocycles. The van der Waals surface area contributed by atoms with E-state index in [0.717, 1.165) is 42.7 Å². The first kappa shape index (κ1) is 16.3. The summed E-state index contributed by atoms with van der Waals surface area (Å²) in [4.78, 5) is 7.00. The Labute approximate surface area is 152 Å². The van der Waals surface area contributed by atoms with Gasteiger partial charge in [-0.2, -0.15) is 5.10 Å². The van der Waals surface area contributed by atoms with Crippen LogP contribution in [0.2, 0.25) is 5.02 Å². The minimum atomic E-state index is 0.271. The number of nitrogens with zero attached hydrogens (tertiary/aromatic N) is 5. The van der Waals surface area contributed by atoms with Crippen LogP contribution in [0.15, 0.2) is 49.1 Å². The monoisotopic (exact) mass is 356 g/mol. The van der Waals surface area contributed by atoms with Gasteiger partial charge >= 0.3 is 0 Å². The molecular formula is C18H21ClN6. The molecule has 1 aliphatic heterocycles. The van der Waals surface area contributed by atoms with E-state index in [-0.39, 0.29) is 6.04 Å². The van der Waals surface area contributed by atoms with Gasteiger partial charge in [-0.3, -0.25) is 4.90 Å². The number of aryl methyl sites for hydroxylation is 1. The van der Waals surface area contributed by atoms with Crippen molar-refractivity contribution in [1.29, 1.82) is 0 Å². The maximum atomic E-state index is 5.96. The molecule has 1 unspecified atom stereocenters. The molecule has 0 amide bonds. The normalized spacial score (nSPS) is 18.6. The number of aromatic nitrogens is 4. The lowest BCUT2D eigenvalue weighted by molar-refractivity contribution is 0.144. The van der Waals surface area contributed by atoms with Crippen molar-refractivity contribution in [2.45, 2.75) is 12.6 Å². The molecule has 1 aliphatic rings. The number of benzene rings is 1. The average molecular weight is 357 g/mol. The second-order valence-corrected chi connectivity index (χ2v) is 6.79. The topological polar surface area (TPSA) is 50.9 Å². The predicted octanol–water partition coefficient (Wildman–Crippen LogP) is 2.41. The van der Waals surface area contributed by atoms with Gasteiger partial charge in [-0.05, 0) is 24.3 Å². The largest absolute Gasteiger partial charge is 0.337 e. The Morgan fingerprint density at radius 3 is 2.88 bits per heavy atom. The Hall–Kier alpha value is -2.15. The summed E-state index contributed by atoms with van der Waals surface area (Å²) in [6.07, 6.45) is 7.88. The van der Waals surface area contributed by atoms with E-state index < -0.39 is 0 Å². The molecule has 0 spiro atoms. The number of hydrogen-bond donors (Lipinski definition) is 1. The van der Waals surface area contributed by atoms with Gasteiger partial charge in [-0.15, -0.1) is 0 Å². The van der Waals surface area contributed by atoms with E-state index in [1.165, 1.54) is 5.56 Å². The second kappa shape index (κ2) is 7.00. The molecule has 6 nitrogen and oxygen atoms in total. The summed E-state index contributed by atoms with van der Waals surface area (Å²) in [6.45, 7) is 3.75. The van der Waals surface area contributed by atoms with Gasteiger partial charge in [0.15, 0.2) is 0 Å². The lowest BCUT2D eigenvalue weighted by Gasteiger charge is -2.35. The van der Waals surface area contributed by atoms with Crippen LogP contribution in [0.1, 0.15) is 17.4 Å². The van der Waals surface area contributed by atoms with Gasteiger partial charge in [0.25, 0.3) is 0 Å². The lowest BCUT2D eigenvalue weighted by Crippen LogP contribution is -2.46. The standard InChI is InChI=1S/C18H21ClN6/c1-23-8-7-21-18(23)17-11-20-6-9-24(17)12-14-10-22-25(13-14)16-4-2-15(19)3-5-16/h2-5,7-8,10,13,17,20H,6,9,11-12H2,1H3. The summed E-state index contributed by atoms with van der Waals surface area (Å²) in [5, 5.41) is 8.70. The van der Waals surface area contributed by atoms with Crippen LogP contribution in [-0.4, -0.2) is 43.9 Å². The second-order valence-electron chi connectivity index (χ2n) is 6.36. The van der Waals surface area contributed by atoms with Crippen molar-refractivity contribution in [2.24, 2.45) is 7.05 Å². The molecule has 0 bridgehead atoms. The molecule has 130 valence electrons. The highest BCUT2D eigenvalue weighted by Gasteiger charge is 2.27. The summed E-state index contributed by atoms with van der Waals surface area (Å²) in [5.41, 5.74) is 2.20. The third-order valence-electron chi connectivity index (χ3n) is 4.62. The van der Waals surface area contributed by atoms with Gasteiger partial charge in [0.1, 0.15) is 5.82 Å². The first-order valence-electron chi connectivity index (χ1n) is 8.42. The fraction of sp³-hybridized carbons (Fsp3) is 0.333. The number of halogens is 1. The summed E-state index contributed by atoms with van der Waals surface area (Å²) in [7, 11) is 2.05. The molecule has 1 aromatic carbocycles. The smallest absolute Gasteiger partial charge is 0.127 e. The summed E-state index contributed by atoms with van der Waals surface area (Å²) < 4.78 is 3.99. The average Bonchev–Trinajstić information content (AvgIpc) is 3.25. The number of rotatable bonds is 4. The minimum absolute atomic E-state index is 0.271. The third kappa shape index (κ3) is 3.46. The SMILES string of the molecule is Cn1ccnc1C1CNCCN1Cc1cnn(-c2ccc(Cl)cc2)c1. The minimum Gasteiger partial charge on any atom is -0.337 e. The fourth-order valence-corrected chi connectivity index (χ4v) is 3.43. The summed E-state index contributed by atoms with van der Waals surface area (Å²) in [6, 6.07) is 7.98. The third-order valence-corrected chi connectivity index (χ3v) is 4.88. The first-order valence-corrected chi connectivity index (χ1v) is 8.80. The number of nitrogens with one attached hydrogen (secondary N) is 1.